The highest BCUT2D eigenvalue weighted by Crippen LogP contribution is 2.29. The van der Waals surface area contributed by atoms with Crippen LogP contribution in [0.1, 0.15) is 10.4 Å². The van der Waals surface area contributed by atoms with Crippen LogP contribution in [0.5, 0.6) is 5.75 Å². The molecule has 24 heavy (non-hydrogen) atoms. The number of rotatable bonds is 5. The highest BCUT2D eigenvalue weighted by molar-refractivity contribution is 9.10. The van der Waals surface area contributed by atoms with E-state index in [0.717, 1.165) is 16.4 Å². The molecule has 0 unspecified atom stereocenters. The van der Waals surface area contributed by atoms with Crippen molar-refractivity contribution < 1.29 is 27.4 Å². The Morgan fingerprint density at radius 1 is 1.25 bits per heavy atom. The zero-order chi connectivity index (χ0) is 18.1. The Kier molecular flexibility index (Phi) is 5.14. The minimum atomic E-state index is -4.15. The van der Waals surface area contributed by atoms with Crippen molar-refractivity contribution in [2.75, 3.05) is 18.5 Å². The summed E-state index contributed by atoms with van der Waals surface area (Å²) in [5.74, 6) is -2.04. The summed E-state index contributed by atoms with van der Waals surface area (Å²) >= 11 is 3.09. The second-order valence-electron chi connectivity index (χ2n) is 4.74. The first kappa shape index (κ1) is 18.2. The summed E-state index contributed by atoms with van der Waals surface area (Å²) in [5, 5.41) is 9.16. The largest absolute Gasteiger partial charge is 0.496 e. The minimum absolute atomic E-state index is 0.0268. The van der Waals surface area contributed by atoms with E-state index in [2.05, 4.69) is 15.9 Å². The predicted molar refractivity (Wildman–Crippen MR) is 89.6 cm³/mol. The fourth-order valence-corrected chi connectivity index (χ4v) is 3.60. The monoisotopic (exact) mass is 417 g/mol. The summed E-state index contributed by atoms with van der Waals surface area (Å²) in [6.45, 7) is 0. The molecule has 0 atom stereocenters. The van der Waals surface area contributed by atoms with Crippen molar-refractivity contribution in [2.45, 2.75) is 4.90 Å². The van der Waals surface area contributed by atoms with Crippen LogP contribution in [0.2, 0.25) is 0 Å². The molecular weight excluding hydrogens is 405 g/mol. The Bertz CT molecular complexity index is 901. The van der Waals surface area contributed by atoms with Crippen LogP contribution < -0.4 is 9.04 Å². The maximum Gasteiger partial charge on any atom is 0.339 e. The lowest BCUT2D eigenvalue weighted by molar-refractivity contribution is 0.0693. The van der Waals surface area contributed by atoms with Gasteiger partial charge in [-0.2, -0.15) is 0 Å². The van der Waals surface area contributed by atoms with Gasteiger partial charge in [-0.15, -0.1) is 0 Å². The average Bonchev–Trinajstić information content (AvgIpc) is 2.53. The second kappa shape index (κ2) is 6.78. The lowest BCUT2D eigenvalue weighted by Crippen LogP contribution is -2.27. The van der Waals surface area contributed by atoms with Gasteiger partial charge in [0.25, 0.3) is 10.0 Å². The number of nitrogens with zero attached hydrogens (tertiary/aromatic N) is 1. The molecule has 6 nitrogen and oxygen atoms in total. The maximum absolute atomic E-state index is 14.0. The predicted octanol–water partition coefficient (Wildman–Crippen LogP) is 3.12. The molecule has 0 saturated carbocycles. The van der Waals surface area contributed by atoms with Gasteiger partial charge in [0.05, 0.1) is 17.7 Å². The van der Waals surface area contributed by atoms with Gasteiger partial charge in [0, 0.05) is 11.5 Å². The van der Waals surface area contributed by atoms with E-state index in [9.17, 15) is 17.6 Å². The van der Waals surface area contributed by atoms with Gasteiger partial charge in [0.15, 0.2) is 0 Å². The zero-order valence-corrected chi connectivity index (χ0v) is 15.1. The van der Waals surface area contributed by atoms with Gasteiger partial charge in [0.2, 0.25) is 0 Å². The first-order valence-corrected chi connectivity index (χ1v) is 8.77. The van der Waals surface area contributed by atoms with Crippen LogP contribution >= 0.6 is 15.9 Å². The number of hydrogen-bond acceptors (Lipinski definition) is 4. The highest BCUT2D eigenvalue weighted by atomic mass is 79.9. The summed E-state index contributed by atoms with van der Waals surface area (Å²) in [7, 11) is -1.69. The van der Waals surface area contributed by atoms with Crippen LogP contribution in [0.15, 0.2) is 45.8 Å². The van der Waals surface area contributed by atoms with E-state index in [1.807, 2.05) is 0 Å². The lowest BCUT2D eigenvalue weighted by atomic mass is 10.2. The van der Waals surface area contributed by atoms with Gasteiger partial charge < -0.3 is 9.84 Å². The summed E-state index contributed by atoms with van der Waals surface area (Å²) in [5.41, 5.74) is -0.464. The van der Waals surface area contributed by atoms with Crippen molar-refractivity contribution in [2.24, 2.45) is 0 Å². The number of benzene rings is 2. The average molecular weight is 418 g/mol. The summed E-state index contributed by atoms with van der Waals surface area (Å²) in [4.78, 5) is 11.0. The standard InChI is InChI=1S/C15H13BrFNO5S/c1-18(13-5-3-9(16)7-12(13)17)24(21,22)10-4-6-14(23-2)11(8-10)15(19)20/h3-8H,1-2H3,(H,19,20). The molecule has 0 radical (unpaired) electrons. The van der Waals surface area contributed by atoms with Gasteiger partial charge in [-0.25, -0.2) is 17.6 Å². The first-order chi connectivity index (χ1) is 11.2. The third-order valence-electron chi connectivity index (χ3n) is 3.31. The number of sulfonamides is 1. The maximum atomic E-state index is 14.0. The van der Waals surface area contributed by atoms with E-state index >= 15 is 0 Å². The van der Waals surface area contributed by atoms with E-state index in [1.54, 1.807) is 0 Å². The SMILES string of the molecule is COc1ccc(S(=O)(=O)N(C)c2ccc(Br)cc2F)cc1C(=O)O. The van der Waals surface area contributed by atoms with Gasteiger partial charge in [-0.1, -0.05) is 15.9 Å². The van der Waals surface area contributed by atoms with E-state index in [4.69, 9.17) is 9.84 Å². The molecule has 0 bridgehead atoms. The quantitative estimate of drug-likeness (QED) is 0.807. The van der Waals surface area contributed by atoms with Crippen molar-refractivity contribution in [3.63, 3.8) is 0 Å². The van der Waals surface area contributed by atoms with Gasteiger partial charge in [-0.05, 0) is 36.4 Å². The topological polar surface area (TPSA) is 83.9 Å². The minimum Gasteiger partial charge on any atom is -0.496 e. The van der Waals surface area contributed by atoms with E-state index in [-0.39, 0.29) is 21.9 Å². The molecule has 0 aliphatic carbocycles. The number of ether oxygens (including phenoxy) is 1. The van der Waals surface area contributed by atoms with Crippen LogP contribution in [0.3, 0.4) is 0 Å². The molecule has 2 rings (SSSR count). The molecule has 128 valence electrons. The summed E-state index contributed by atoms with van der Waals surface area (Å²) < 4.78 is 45.5. The highest BCUT2D eigenvalue weighted by Gasteiger charge is 2.26. The van der Waals surface area contributed by atoms with Crippen LogP contribution in [0.4, 0.5) is 10.1 Å². The van der Waals surface area contributed by atoms with E-state index in [1.165, 1.54) is 38.4 Å². The number of carboxylic acid groups (broad SMARTS) is 1. The Balaban J connectivity index is 2.54. The van der Waals surface area contributed by atoms with Gasteiger partial charge in [-0.3, -0.25) is 4.31 Å². The molecule has 0 saturated heterocycles. The summed E-state index contributed by atoms with van der Waals surface area (Å²) in [6.07, 6.45) is 0. The molecule has 1 N–H and O–H groups in total. The van der Waals surface area contributed by atoms with Crippen LogP contribution in [-0.2, 0) is 10.0 Å². The van der Waals surface area contributed by atoms with E-state index in [0.29, 0.717) is 4.47 Å². The molecule has 0 amide bonds. The molecule has 0 spiro atoms. The molecule has 0 aliphatic heterocycles. The Morgan fingerprint density at radius 2 is 1.92 bits per heavy atom. The van der Waals surface area contributed by atoms with Crippen molar-refractivity contribution in [3.8, 4) is 5.75 Å². The molecule has 0 fully saturated rings. The van der Waals surface area contributed by atoms with Crippen molar-refractivity contribution in [1.29, 1.82) is 0 Å². The van der Waals surface area contributed by atoms with Crippen LogP contribution in [0.25, 0.3) is 0 Å². The third kappa shape index (κ3) is 3.36. The smallest absolute Gasteiger partial charge is 0.339 e. The molecular formula is C15H13BrFNO5S. The Morgan fingerprint density at radius 3 is 2.46 bits per heavy atom. The molecule has 9 heteroatoms. The number of anilines is 1. The number of halogens is 2. The number of aromatic carboxylic acids is 1. The van der Waals surface area contributed by atoms with E-state index < -0.39 is 21.8 Å². The van der Waals surface area contributed by atoms with Crippen LogP contribution in [0, 0.1) is 5.82 Å². The molecule has 0 aromatic heterocycles. The summed E-state index contributed by atoms with van der Waals surface area (Å²) in [6, 6.07) is 7.36. The normalized spacial score (nSPS) is 11.2. The fraction of sp³-hybridized carbons (Fsp3) is 0.133. The molecule has 2 aromatic rings. The molecule has 0 aliphatic rings. The lowest BCUT2D eigenvalue weighted by Gasteiger charge is -2.20. The zero-order valence-electron chi connectivity index (χ0n) is 12.7. The van der Waals surface area contributed by atoms with Crippen molar-refractivity contribution in [1.82, 2.24) is 0 Å². The first-order valence-electron chi connectivity index (χ1n) is 6.53. The van der Waals surface area contributed by atoms with Gasteiger partial charge in [0.1, 0.15) is 17.1 Å². The van der Waals surface area contributed by atoms with Crippen LogP contribution in [-0.4, -0.2) is 33.7 Å². The number of hydrogen-bond donors (Lipinski definition) is 1. The second-order valence-corrected chi connectivity index (χ2v) is 7.62. The molecule has 0 heterocycles. The van der Waals surface area contributed by atoms with Crippen molar-refractivity contribution in [3.05, 3.63) is 52.3 Å². The Hall–Kier alpha value is -2.13. The molecule has 2 aromatic carbocycles. The van der Waals surface area contributed by atoms with Crippen molar-refractivity contribution >= 4 is 37.6 Å². The number of methoxy groups -OCH3 is 1. The Labute approximate surface area is 146 Å². The number of carbonyl (C=O) groups is 1. The number of carboxylic acids is 1. The third-order valence-corrected chi connectivity index (χ3v) is 5.57. The fourth-order valence-electron chi connectivity index (χ4n) is 2.04. The van der Waals surface area contributed by atoms with Gasteiger partial charge >= 0.3 is 5.97 Å².